The Morgan fingerprint density at radius 1 is 1.38 bits per heavy atom. The molecule has 0 unspecified atom stereocenters. The maximum atomic E-state index is 11.6. The van der Waals surface area contributed by atoms with E-state index >= 15 is 0 Å². The highest BCUT2D eigenvalue weighted by molar-refractivity contribution is 5.98. The van der Waals surface area contributed by atoms with E-state index in [1.54, 1.807) is 26.2 Å². The molecular formula is C10H12N2O. The molecule has 0 spiro atoms. The fourth-order valence-electron chi connectivity index (χ4n) is 1.03. The van der Waals surface area contributed by atoms with E-state index in [2.05, 4.69) is 11.7 Å². The van der Waals surface area contributed by atoms with Crippen LogP contribution in [-0.4, -0.2) is 31.6 Å². The second-order valence-corrected chi connectivity index (χ2v) is 2.87. The number of amides is 1. The second-order valence-electron chi connectivity index (χ2n) is 2.87. The van der Waals surface area contributed by atoms with Crippen LogP contribution in [0.2, 0.25) is 0 Å². The molecule has 0 aliphatic heterocycles. The van der Waals surface area contributed by atoms with E-state index in [1.165, 1.54) is 4.90 Å². The molecule has 1 rings (SSSR count). The average molecular weight is 176 g/mol. The number of hydrogen-bond donors (Lipinski definition) is 0. The van der Waals surface area contributed by atoms with Crippen molar-refractivity contribution in [1.82, 2.24) is 4.90 Å². The molecule has 0 N–H and O–H groups in total. The van der Waals surface area contributed by atoms with Gasteiger partial charge in [-0.2, -0.15) is 0 Å². The van der Waals surface area contributed by atoms with E-state index in [1.807, 2.05) is 12.1 Å². The van der Waals surface area contributed by atoms with Crippen LogP contribution in [0.4, 0.5) is 5.69 Å². The summed E-state index contributed by atoms with van der Waals surface area (Å²) in [5.74, 6) is -0.0528. The minimum Gasteiger partial charge on any atom is -0.345 e. The van der Waals surface area contributed by atoms with Gasteiger partial charge in [-0.1, -0.05) is 12.1 Å². The summed E-state index contributed by atoms with van der Waals surface area (Å²) in [6.07, 6.45) is 0. The molecule has 0 fully saturated rings. The summed E-state index contributed by atoms with van der Waals surface area (Å²) in [6.45, 7) is 3.41. The van der Waals surface area contributed by atoms with Gasteiger partial charge in [0.2, 0.25) is 0 Å². The molecule has 0 aliphatic rings. The molecule has 68 valence electrons. The molecule has 0 radical (unpaired) electrons. The maximum absolute atomic E-state index is 11.6. The van der Waals surface area contributed by atoms with Gasteiger partial charge in [0.05, 0.1) is 11.3 Å². The Balaban J connectivity index is 3.13. The standard InChI is InChI=1S/C10H12N2O/c1-11-9-7-5-4-6-8(9)10(13)12(2)3/h4-7H,1H2,2-3H3. The molecule has 0 heterocycles. The van der Waals surface area contributed by atoms with Gasteiger partial charge in [0.15, 0.2) is 0 Å². The summed E-state index contributed by atoms with van der Waals surface area (Å²) in [5, 5.41) is 0. The van der Waals surface area contributed by atoms with E-state index in [0.29, 0.717) is 11.3 Å². The highest BCUT2D eigenvalue weighted by atomic mass is 16.2. The molecule has 3 nitrogen and oxygen atoms in total. The molecule has 1 amide bonds. The Bertz CT molecular complexity index is 331. The fraction of sp³-hybridized carbons (Fsp3) is 0.200. The van der Waals surface area contributed by atoms with Crippen molar-refractivity contribution in [3.8, 4) is 0 Å². The highest BCUT2D eigenvalue weighted by Crippen LogP contribution is 2.18. The zero-order valence-corrected chi connectivity index (χ0v) is 7.82. The Morgan fingerprint density at radius 2 is 2.00 bits per heavy atom. The van der Waals surface area contributed by atoms with Gasteiger partial charge in [0.25, 0.3) is 5.91 Å². The average Bonchev–Trinajstić information content (AvgIpc) is 2.16. The van der Waals surface area contributed by atoms with Crippen molar-refractivity contribution >= 4 is 18.3 Å². The van der Waals surface area contributed by atoms with Crippen molar-refractivity contribution in [1.29, 1.82) is 0 Å². The Hall–Kier alpha value is -1.64. The summed E-state index contributed by atoms with van der Waals surface area (Å²) in [4.78, 5) is 16.9. The van der Waals surface area contributed by atoms with E-state index in [9.17, 15) is 4.79 Å². The van der Waals surface area contributed by atoms with Gasteiger partial charge in [0.1, 0.15) is 0 Å². The van der Waals surface area contributed by atoms with Crippen LogP contribution in [0.25, 0.3) is 0 Å². The third-order valence-electron chi connectivity index (χ3n) is 1.71. The van der Waals surface area contributed by atoms with Crippen LogP contribution in [0.1, 0.15) is 10.4 Å². The molecule has 1 aromatic rings. The Morgan fingerprint density at radius 3 is 2.54 bits per heavy atom. The van der Waals surface area contributed by atoms with Crippen LogP contribution in [-0.2, 0) is 0 Å². The number of rotatable bonds is 2. The lowest BCUT2D eigenvalue weighted by Crippen LogP contribution is -2.21. The van der Waals surface area contributed by atoms with E-state index < -0.39 is 0 Å². The summed E-state index contributed by atoms with van der Waals surface area (Å²) in [6, 6.07) is 7.15. The van der Waals surface area contributed by atoms with Gasteiger partial charge in [0, 0.05) is 14.1 Å². The monoisotopic (exact) mass is 176 g/mol. The minimum atomic E-state index is -0.0528. The maximum Gasteiger partial charge on any atom is 0.255 e. The van der Waals surface area contributed by atoms with Crippen LogP contribution in [0.15, 0.2) is 29.3 Å². The molecule has 3 heteroatoms. The first kappa shape index (κ1) is 9.45. The first-order valence-electron chi connectivity index (χ1n) is 3.94. The van der Waals surface area contributed by atoms with E-state index in [-0.39, 0.29) is 5.91 Å². The SMILES string of the molecule is C=Nc1ccccc1C(=O)N(C)C. The van der Waals surface area contributed by atoms with Crippen molar-refractivity contribution in [3.63, 3.8) is 0 Å². The Labute approximate surface area is 77.7 Å². The van der Waals surface area contributed by atoms with Gasteiger partial charge in [-0.15, -0.1) is 0 Å². The predicted octanol–water partition coefficient (Wildman–Crippen LogP) is 1.72. The Kier molecular flexibility index (Phi) is 2.80. The summed E-state index contributed by atoms with van der Waals surface area (Å²) < 4.78 is 0. The zero-order valence-electron chi connectivity index (χ0n) is 7.82. The summed E-state index contributed by atoms with van der Waals surface area (Å²) in [7, 11) is 3.42. The normalized spacial score (nSPS) is 9.38. The summed E-state index contributed by atoms with van der Waals surface area (Å²) in [5.41, 5.74) is 1.21. The van der Waals surface area contributed by atoms with Crippen molar-refractivity contribution < 1.29 is 4.79 Å². The first-order chi connectivity index (χ1) is 6.16. The first-order valence-corrected chi connectivity index (χ1v) is 3.94. The number of para-hydroxylation sites is 1. The van der Waals surface area contributed by atoms with Crippen molar-refractivity contribution in [3.05, 3.63) is 29.8 Å². The minimum absolute atomic E-state index is 0.0528. The molecular weight excluding hydrogens is 164 g/mol. The number of carbonyl (C=O) groups is 1. The van der Waals surface area contributed by atoms with Crippen LogP contribution in [0.5, 0.6) is 0 Å². The topological polar surface area (TPSA) is 32.7 Å². The van der Waals surface area contributed by atoms with Crippen molar-refractivity contribution in [2.24, 2.45) is 4.99 Å². The van der Waals surface area contributed by atoms with Gasteiger partial charge < -0.3 is 4.90 Å². The third kappa shape index (κ3) is 1.93. The molecule has 0 aliphatic carbocycles. The lowest BCUT2D eigenvalue weighted by molar-refractivity contribution is 0.0828. The molecule has 0 saturated heterocycles. The largest absolute Gasteiger partial charge is 0.345 e. The van der Waals surface area contributed by atoms with Crippen molar-refractivity contribution in [2.75, 3.05) is 14.1 Å². The molecule has 0 saturated carbocycles. The highest BCUT2D eigenvalue weighted by Gasteiger charge is 2.10. The predicted molar refractivity (Wildman–Crippen MR) is 53.7 cm³/mol. The molecule has 0 atom stereocenters. The quantitative estimate of drug-likeness (QED) is 0.631. The van der Waals surface area contributed by atoms with Crippen LogP contribution < -0.4 is 0 Å². The van der Waals surface area contributed by atoms with Gasteiger partial charge in [-0.25, -0.2) is 0 Å². The van der Waals surface area contributed by atoms with E-state index in [0.717, 1.165) is 0 Å². The lowest BCUT2D eigenvalue weighted by atomic mass is 10.1. The summed E-state index contributed by atoms with van der Waals surface area (Å²) >= 11 is 0. The molecule has 0 aromatic heterocycles. The molecule has 0 bridgehead atoms. The zero-order chi connectivity index (χ0) is 9.84. The van der Waals surface area contributed by atoms with Gasteiger partial charge in [-0.05, 0) is 18.9 Å². The van der Waals surface area contributed by atoms with Crippen LogP contribution in [0.3, 0.4) is 0 Å². The third-order valence-corrected chi connectivity index (χ3v) is 1.71. The van der Waals surface area contributed by atoms with Crippen LogP contribution >= 0.6 is 0 Å². The second kappa shape index (κ2) is 3.85. The number of carbonyl (C=O) groups excluding carboxylic acids is 1. The fourth-order valence-corrected chi connectivity index (χ4v) is 1.03. The molecule has 13 heavy (non-hydrogen) atoms. The lowest BCUT2D eigenvalue weighted by Gasteiger charge is -2.11. The van der Waals surface area contributed by atoms with Crippen molar-refractivity contribution in [2.45, 2.75) is 0 Å². The number of nitrogens with zero attached hydrogens (tertiary/aromatic N) is 2. The number of hydrogen-bond acceptors (Lipinski definition) is 2. The number of benzene rings is 1. The number of aliphatic imine (C=N–C) groups is 1. The van der Waals surface area contributed by atoms with Gasteiger partial charge in [-0.3, -0.25) is 9.79 Å². The van der Waals surface area contributed by atoms with Gasteiger partial charge >= 0.3 is 0 Å². The van der Waals surface area contributed by atoms with Crippen LogP contribution in [0, 0.1) is 0 Å². The smallest absolute Gasteiger partial charge is 0.255 e. The van der Waals surface area contributed by atoms with E-state index in [4.69, 9.17) is 0 Å². The molecule has 1 aromatic carbocycles.